The van der Waals surface area contributed by atoms with Gasteiger partial charge in [0, 0.05) is 13.1 Å². The molecule has 17 heavy (non-hydrogen) atoms. The highest BCUT2D eigenvalue weighted by molar-refractivity contribution is 7.89. The summed E-state index contributed by atoms with van der Waals surface area (Å²) >= 11 is 0. The normalized spacial score (nSPS) is 18.1. The van der Waals surface area contributed by atoms with E-state index in [1.54, 1.807) is 11.4 Å². The Bertz CT molecular complexity index is 298. The molecule has 102 valence electrons. The summed E-state index contributed by atoms with van der Waals surface area (Å²) in [6.45, 7) is 3.88. The van der Waals surface area contributed by atoms with Crippen LogP contribution in [0, 0.1) is 0 Å². The molecule has 0 heterocycles. The number of sulfonamides is 1. The van der Waals surface area contributed by atoms with Crippen LogP contribution in [0.1, 0.15) is 45.4 Å². The van der Waals surface area contributed by atoms with Gasteiger partial charge in [0.25, 0.3) is 0 Å². The fraction of sp³-hybridized carbons (Fsp3) is 1.00. The van der Waals surface area contributed by atoms with E-state index in [1.807, 2.05) is 0 Å². The summed E-state index contributed by atoms with van der Waals surface area (Å²) in [5.74, 6) is 0.275. The fourth-order valence-corrected chi connectivity index (χ4v) is 3.78. The van der Waals surface area contributed by atoms with Gasteiger partial charge in [0.2, 0.25) is 10.0 Å². The SMILES string of the molecule is CCCNCCCS(=O)(=O)N(C)C1CCCC1. The fourth-order valence-electron chi connectivity index (χ4n) is 2.32. The molecule has 0 aromatic heterocycles. The van der Waals surface area contributed by atoms with Crippen molar-refractivity contribution in [2.24, 2.45) is 0 Å². The molecule has 1 N–H and O–H groups in total. The van der Waals surface area contributed by atoms with Gasteiger partial charge < -0.3 is 5.32 Å². The van der Waals surface area contributed by atoms with E-state index >= 15 is 0 Å². The monoisotopic (exact) mass is 262 g/mol. The summed E-state index contributed by atoms with van der Waals surface area (Å²) in [6.07, 6.45) is 6.20. The van der Waals surface area contributed by atoms with Gasteiger partial charge in [-0.3, -0.25) is 0 Å². The second-order valence-corrected chi connectivity index (χ2v) is 7.02. The number of rotatable bonds is 8. The van der Waals surface area contributed by atoms with Crippen LogP contribution in [0.4, 0.5) is 0 Å². The molecule has 4 nitrogen and oxygen atoms in total. The molecule has 5 heteroatoms. The number of nitrogens with one attached hydrogen (secondary N) is 1. The third kappa shape index (κ3) is 4.94. The number of hydrogen-bond acceptors (Lipinski definition) is 3. The maximum atomic E-state index is 12.0. The van der Waals surface area contributed by atoms with Crippen LogP contribution in [0.2, 0.25) is 0 Å². The zero-order chi connectivity index (χ0) is 12.7. The third-order valence-electron chi connectivity index (χ3n) is 3.46. The highest BCUT2D eigenvalue weighted by atomic mass is 32.2. The summed E-state index contributed by atoms with van der Waals surface area (Å²) in [5.41, 5.74) is 0. The van der Waals surface area contributed by atoms with Gasteiger partial charge in [0.05, 0.1) is 5.75 Å². The summed E-state index contributed by atoms with van der Waals surface area (Å²) in [4.78, 5) is 0. The van der Waals surface area contributed by atoms with E-state index in [9.17, 15) is 8.42 Å². The molecule has 1 fully saturated rings. The molecule has 0 aromatic rings. The van der Waals surface area contributed by atoms with Crippen molar-refractivity contribution in [3.05, 3.63) is 0 Å². The largest absolute Gasteiger partial charge is 0.317 e. The predicted octanol–water partition coefficient (Wildman–Crippen LogP) is 1.58. The van der Waals surface area contributed by atoms with Gasteiger partial charge in [-0.25, -0.2) is 12.7 Å². The first kappa shape index (κ1) is 14.9. The molecule has 0 aliphatic heterocycles. The molecule has 1 rings (SSSR count). The van der Waals surface area contributed by atoms with Crippen molar-refractivity contribution in [1.29, 1.82) is 0 Å². The molecule has 0 radical (unpaired) electrons. The molecule has 1 saturated carbocycles. The van der Waals surface area contributed by atoms with Crippen LogP contribution in [0.25, 0.3) is 0 Å². The molecule has 0 amide bonds. The van der Waals surface area contributed by atoms with Crippen LogP contribution in [0.5, 0.6) is 0 Å². The van der Waals surface area contributed by atoms with Crippen molar-refractivity contribution in [1.82, 2.24) is 9.62 Å². The van der Waals surface area contributed by atoms with Gasteiger partial charge in [0.15, 0.2) is 0 Å². The lowest BCUT2D eigenvalue weighted by molar-refractivity contribution is 0.372. The molecular formula is C12H26N2O2S. The molecule has 0 unspecified atom stereocenters. The highest BCUT2D eigenvalue weighted by Gasteiger charge is 2.27. The van der Waals surface area contributed by atoms with Crippen molar-refractivity contribution in [2.75, 3.05) is 25.9 Å². The van der Waals surface area contributed by atoms with Gasteiger partial charge in [-0.1, -0.05) is 19.8 Å². The Morgan fingerprint density at radius 3 is 2.47 bits per heavy atom. The lowest BCUT2D eigenvalue weighted by Crippen LogP contribution is -2.37. The van der Waals surface area contributed by atoms with Gasteiger partial charge in [-0.15, -0.1) is 0 Å². The average Bonchev–Trinajstić information content (AvgIpc) is 2.81. The molecule has 0 aromatic carbocycles. The third-order valence-corrected chi connectivity index (χ3v) is 5.44. The minimum absolute atomic E-state index is 0.253. The van der Waals surface area contributed by atoms with Crippen molar-refractivity contribution in [3.63, 3.8) is 0 Å². The minimum atomic E-state index is -3.04. The highest BCUT2D eigenvalue weighted by Crippen LogP contribution is 2.24. The first-order chi connectivity index (χ1) is 8.08. The van der Waals surface area contributed by atoms with E-state index in [0.717, 1.165) is 32.4 Å². The molecule has 0 saturated heterocycles. The van der Waals surface area contributed by atoms with Crippen LogP contribution in [-0.4, -0.2) is 44.7 Å². The van der Waals surface area contributed by atoms with E-state index in [0.29, 0.717) is 6.42 Å². The number of nitrogens with zero attached hydrogens (tertiary/aromatic N) is 1. The zero-order valence-electron chi connectivity index (χ0n) is 11.1. The van der Waals surface area contributed by atoms with Crippen molar-refractivity contribution < 1.29 is 8.42 Å². The van der Waals surface area contributed by atoms with E-state index < -0.39 is 10.0 Å². The van der Waals surface area contributed by atoms with Gasteiger partial charge in [-0.05, 0) is 38.8 Å². The first-order valence-electron chi connectivity index (χ1n) is 6.74. The van der Waals surface area contributed by atoms with Crippen molar-refractivity contribution in [2.45, 2.75) is 51.5 Å². The Balaban J connectivity index is 2.29. The van der Waals surface area contributed by atoms with Gasteiger partial charge >= 0.3 is 0 Å². The Morgan fingerprint density at radius 2 is 1.88 bits per heavy atom. The molecule has 0 bridgehead atoms. The van der Waals surface area contributed by atoms with E-state index in [1.165, 1.54) is 12.8 Å². The van der Waals surface area contributed by atoms with Crippen LogP contribution < -0.4 is 5.32 Å². The Hall–Kier alpha value is -0.130. The van der Waals surface area contributed by atoms with E-state index in [-0.39, 0.29) is 11.8 Å². The lowest BCUT2D eigenvalue weighted by atomic mass is 10.3. The van der Waals surface area contributed by atoms with E-state index in [2.05, 4.69) is 12.2 Å². The molecule has 1 aliphatic carbocycles. The average molecular weight is 262 g/mol. The number of hydrogen-bond donors (Lipinski definition) is 1. The second kappa shape index (κ2) is 7.34. The predicted molar refractivity (Wildman–Crippen MR) is 71.6 cm³/mol. The first-order valence-corrected chi connectivity index (χ1v) is 8.35. The maximum Gasteiger partial charge on any atom is 0.214 e. The Labute approximate surface area is 106 Å². The topological polar surface area (TPSA) is 49.4 Å². The van der Waals surface area contributed by atoms with Crippen LogP contribution in [-0.2, 0) is 10.0 Å². The zero-order valence-corrected chi connectivity index (χ0v) is 11.9. The van der Waals surface area contributed by atoms with Crippen molar-refractivity contribution in [3.8, 4) is 0 Å². The smallest absolute Gasteiger partial charge is 0.214 e. The van der Waals surface area contributed by atoms with Gasteiger partial charge in [-0.2, -0.15) is 0 Å². The second-order valence-electron chi connectivity index (χ2n) is 4.87. The van der Waals surface area contributed by atoms with Crippen LogP contribution in [0.15, 0.2) is 0 Å². The quantitative estimate of drug-likeness (QED) is 0.676. The maximum absolute atomic E-state index is 12.0. The van der Waals surface area contributed by atoms with E-state index in [4.69, 9.17) is 0 Å². The van der Waals surface area contributed by atoms with Crippen LogP contribution >= 0.6 is 0 Å². The Kier molecular flexibility index (Phi) is 6.44. The molecule has 0 spiro atoms. The molecule has 1 aliphatic rings. The molecule has 0 atom stereocenters. The lowest BCUT2D eigenvalue weighted by Gasteiger charge is -2.23. The summed E-state index contributed by atoms with van der Waals surface area (Å²) in [7, 11) is -1.30. The van der Waals surface area contributed by atoms with Crippen molar-refractivity contribution >= 4 is 10.0 Å². The van der Waals surface area contributed by atoms with Gasteiger partial charge in [0.1, 0.15) is 0 Å². The summed E-state index contributed by atoms with van der Waals surface area (Å²) < 4.78 is 25.7. The Morgan fingerprint density at radius 1 is 1.24 bits per heavy atom. The molecular weight excluding hydrogens is 236 g/mol. The summed E-state index contributed by atoms with van der Waals surface area (Å²) in [6, 6.07) is 0.253. The van der Waals surface area contributed by atoms with Crippen LogP contribution in [0.3, 0.4) is 0 Å². The standard InChI is InChI=1S/C12H26N2O2S/c1-3-9-13-10-6-11-17(15,16)14(2)12-7-4-5-8-12/h12-13H,3-11H2,1-2H3. The summed E-state index contributed by atoms with van der Waals surface area (Å²) in [5, 5.41) is 3.23. The minimum Gasteiger partial charge on any atom is -0.317 e.